The van der Waals surface area contributed by atoms with Gasteiger partial charge in [0, 0.05) is 41.4 Å². The van der Waals surface area contributed by atoms with Crippen molar-refractivity contribution in [1.29, 1.82) is 0 Å². The van der Waals surface area contributed by atoms with Crippen molar-refractivity contribution in [3.05, 3.63) is 34.6 Å². The number of nitrogens with zero attached hydrogens (tertiary/aromatic N) is 1. The molecule has 2 atom stereocenters. The van der Waals surface area contributed by atoms with Crippen LogP contribution in [0.4, 0.5) is 13.2 Å². The fraction of sp³-hybridized carbons (Fsp3) is 0.500. The largest absolute Gasteiger partial charge is 0.468 e. The van der Waals surface area contributed by atoms with Gasteiger partial charge in [0.15, 0.2) is 6.61 Å². The third kappa shape index (κ3) is 4.27. The molecule has 0 saturated carbocycles. The Bertz CT molecular complexity index is 546. The number of alkyl halides is 3. The van der Waals surface area contributed by atoms with E-state index in [-0.39, 0.29) is 17.8 Å². The molecule has 3 nitrogen and oxygen atoms in total. The standard InChI is InChI=1S/C14H16ClF3N2O/c1-8-3-10(9(2)12-4-11(15)6-19-12)5-20-13(8)21-7-14(16,17)18/h3,5-6,9,12,19H,4,7H2,1-2H3. The zero-order valence-electron chi connectivity index (χ0n) is 11.7. The van der Waals surface area contributed by atoms with Crippen molar-refractivity contribution in [3.63, 3.8) is 0 Å². The Morgan fingerprint density at radius 2 is 2.24 bits per heavy atom. The number of hydrogen-bond acceptors (Lipinski definition) is 3. The van der Waals surface area contributed by atoms with E-state index in [9.17, 15) is 13.2 Å². The number of aryl methyl sites for hydroxylation is 1. The molecule has 2 heterocycles. The molecule has 0 aromatic carbocycles. The van der Waals surface area contributed by atoms with Gasteiger partial charge in [-0.2, -0.15) is 13.2 Å². The van der Waals surface area contributed by atoms with Crippen molar-refractivity contribution in [3.8, 4) is 5.88 Å². The molecule has 0 bridgehead atoms. The van der Waals surface area contributed by atoms with Gasteiger partial charge in [-0.3, -0.25) is 0 Å². The van der Waals surface area contributed by atoms with Crippen molar-refractivity contribution in [1.82, 2.24) is 10.3 Å². The quantitative estimate of drug-likeness (QED) is 0.914. The lowest BCUT2D eigenvalue weighted by Gasteiger charge is -2.21. The maximum atomic E-state index is 12.1. The maximum Gasteiger partial charge on any atom is 0.422 e. The van der Waals surface area contributed by atoms with Crippen molar-refractivity contribution < 1.29 is 17.9 Å². The van der Waals surface area contributed by atoms with Gasteiger partial charge in [0.2, 0.25) is 5.88 Å². The SMILES string of the molecule is Cc1cc(C(C)C2CC(Cl)=CN2)cnc1OCC(F)(F)F. The van der Waals surface area contributed by atoms with Crippen LogP contribution in [0.1, 0.15) is 30.4 Å². The molecule has 0 amide bonds. The third-order valence-electron chi connectivity index (χ3n) is 3.42. The number of nitrogens with one attached hydrogen (secondary N) is 1. The fourth-order valence-electron chi connectivity index (χ4n) is 2.21. The molecule has 1 aliphatic heterocycles. The molecule has 1 N–H and O–H groups in total. The first-order valence-corrected chi connectivity index (χ1v) is 6.91. The lowest BCUT2D eigenvalue weighted by atomic mass is 9.93. The van der Waals surface area contributed by atoms with E-state index in [1.54, 1.807) is 25.4 Å². The molecule has 0 radical (unpaired) electrons. The number of hydrogen-bond donors (Lipinski definition) is 1. The van der Waals surface area contributed by atoms with E-state index in [2.05, 4.69) is 10.3 Å². The maximum absolute atomic E-state index is 12.1. The summed E-state index contributed by atoms with van der Waals surface area (Å²) >= 11 is 5.94. The van der Waals surface area contributed by atoms with Crippen molar-refractivity contribution in [2.75, 3.05) is 6.61 Å². The summed E-state index contributed by atoms with van der Waals surface area (Å²) in [4.78, 5) is 3.99. The van der Waals surface area contributed by atoms with Crippen LogP contribution in [0.15, 0.2) is 23.5 Å². The second-order valence-corrected chi connectivity index (χ2v) is 5.64. The van der Waals surface area contributed by atoms with E-state index >= 15 is 0 Å². The van der Waals surface area contributed by atoms with Gasteiger partial charge in [0.05, 0.1) is 0 Å². The second-order valence-electron chi connectivity index (χ2n) is 5.15. The Balaban J connectivity index is 2.05. The molecule has 116 valence electrons. The summed E-state index contributed by atoms with van der Waals surface area (Å²) in [5, 5.41) is 3.95. The summed E-state index contributed by atoms with van der Waals surface area (Å²) in [6.07, 6.45) is -0.314. The average Bonchev–Trinajstić information content (AvgIpc) is 2.82. The predicted molar refractivity (Wildman–Crippen MR) is 74.4 cm³/mol. The molecular weight excluding hydrogens is 305 g/mol. The van der Waals surface area contributed by atoms with Gasteiger partial charge in [-0.25, -0.2) is 4.98 Å². The van der Waals surface area contributed by atoms with Gasteiger partial charge in [-0.15, -0.1) is 0 Å². The summed E-state index contributed by atoms with van der Waals surface area (Å²) < 4.78 is 41.1. The zero-order valence-corrected chi connectivity index (χ0v) is 12.4. The minimum Gasteiger partial charge on any atom is -0.468 e. The summed E-state index contributed by atoms with van der Waals surface area (Å²) in [5.74, 6) is 0.152. The normalized spacial score (nSPS) is 19.9. The van der Waals surface area contributed by atoms with Crippen LogP contribution < -0.4 is 10.1 Å². The molecule has 1 aromatic heterocycles. The van der Waals surface area contributed by atoms with E-state index in [0.29, 0.717) is 5.56 Å². The zero-order chi connectivity index (χ0) is 15.6. The lowest BCUT2D eigenvalue weighted by molar-refractivity contribution is -0.154. The molecule has 1 aliphatic rings. The Hall–Kier alpha value is -1.43. The van der Waals surface area contributed by atoms with E-state index in [1.165, 1.54) is 0 Å². The Labute approximate surface area is 126 Å². The monoisotopic (exact) mass is 320 g/mol. The Kier molecular flexibility index (Phi) is 4.66. The topological polar surface area (TPSA) is 34.2 Å². The molecular formula is C14H16ClF3N2O. The van der Waals surface area contributed by atoms with Crippen LogP contribution >= 0.6 is 11.6 Å². The molecule has 0 fully saturated rings. The van der Waals surface area contributed by atoms with Crippen molar-refractivity contribution in [2.45, 2.75) is 38.4 Å². The van der Waals surface area contributed by atoms with Gasteiger partial charge in [-0.05, 0) is 18.6 Å². The molecule has 1 aromatic rings. The van der Waals surface area contributed by atoms with Crippen LogP contribution in [0.3, 0.4) is 0 Å². The molecule has 0 aliphatic carbocycles. The minimum atomic E-state index is -4.36. The summed E-state index contributed by atoms with van der Waals surface area (Å²) in [6.45, 7) is 2.37. The van der Waals surface area contributed by atoms with Gasteiger partial charge in [-0.1, -0.05) is 18.5 Å². The van der Waals surface area contributed by atoms with Crippen LogP contribution in [0.5, 0.6) is 5.88 Å². The number of aromatic nitrogens is 1. The van der Waals surface area contributed by atoms with Gasteiger partial charge >= 0.3 is 6.18 Å². The van der Waals surface area contributed by atoms with Gasteiger partial charge < -0.3 is 10.1 Å². The molecule has 21 heavy (non-hydrogen) atoms. The molecule has 0 spiro atoms. The smallest absolute Gasteiger partial charge is 0.422 e. The van der Waals surface area contributed by atoms with Gasteiger partial charge in [0.25, 0.3) is 0 Å². The second kappa shape index (κ2) is 6.13. The van der Waals surface area contributed by atoms with Crippen molar-refractivity contribution >= 4 is 11.6 Å². The first-order valence-electron chi connectivity index (χ1n) is 6.53. The fourth-order valence-corrected chi connectivity index (χ4v) is 2.44. The highest BCUT2D eigenvalue weighted by atomic mass is 35.5. The molecule has 0 saturated heterocycles. The van der Waals surface area contributed by atoms with E-state index in [0.717, 1.165) is 17.0 Å². The predicted octanol–water partition coefficient (Wildman–Crippen LogP) is 3.88. The third-order valence-corrected chi connectivity index (χ3v) is 3.69. The molecule has 2 rings (SSSR count). The van der Waals surface area contributed by atoms with Crippen LogP contribution in [0, 0.1) is 6.92 Å². The minimum absolute atomic E-state index is 0.0128. The number of halogens is 4. The highest BCUT2D eigenvalue weighted by Crippen LogP contribution is 2.30. The van der Waals surface area contributed by atoms with E-state index in [4.69, 9.17) is 16.3 Å². The number of ether oxygens (including phenoxy) is 1. The van der Waals surface area contributed by atoms with Crippen LogP contribution in [-0.2, 0) is 0 Å². The van der Waals surface area contributed by atoms with E-state index < -0.39 is 12.8 Å². The Morgan fingerprint density at radius 3 is 2.76 bits per heavy atom. The first-order chi connectivity index (χ1) is 9.76. The Morgan fingerprint density at radius 1 is 1.52 bits per heavy atom. The van der Waals surface area contributed by atoms with Crippen LogP contribution in [0.2, 0.25) is 0 Å². The average molecular weight is 321 g/mol. The van der Waals surface area contributed by atoms with E-state index in [1.807, 2.05) is 6.92 Å². The first kappa shape index (κ1) is 15.9. The molecule has 7 heteroatoms. The number of rotatable bonds is 4. The summed E-state index contributed by atoms with van der Waals surface area (Å²) in [6, 6.07) is 1.97. The number of pyridine rings is 1. The lowest BCUT2D eigenvalue weighted by Crippen LogP contribution is -2.26. The van der Waals surface area contributed by atoms with Crippen LogP contribution in [0.25, 0.3) is 0 Å². The van der Waals surface area contributed by atoms with Gasteiger partial charge in [0.1, 0.15) is 0 Å². The highest BCUT2D eigenvalue weighted by molar-refractivity contribution is 6.29. The summed E-state index contributed by atoms with van der Waals surface area (Å²) in [5.41, 5.74) is 1.52. The summed E-state index contributed by atoms with van der Waals surface area (Å²) in [7, 11) is 0. The van der Waals surface area contributed by atoms with Crippen molar-refractivity contribution in [2.24, 2.45) is 0 Å². The highest BCUT2D eigenvalue weighted by Gasteiger charge is 2.29. The van der Waals surface area contributed by atoms with Crippen LogP contribution in [-0.4, -0.2) is 23.8 Å². The molecule has 2 unspecified atom stereocenters.